The van der Waals surface area contributed by atoms with E-state index in [0.29, 0.717) is 17.4 Å². The molecule has 8 heteroatoms. The maximum Gasteiger partial charge on any atom is 0.325 e. The number of amides is 3. The van der Waals surface area contributed by atoms with Crippen molar-refractivity contribution < 1.29 is 9.59 Å². The molecule has 0 radical (unpaired) electrons. The number of urea groups is 1. The van der Waals surface area contributed by atoms with Crippen molar-refractivity contribution in [1.82, 2.24) is 15.3 Å². The monoisotopic (exact) mass is 367 g/mol. The molecule has 0 aliphatic carbocycles. The molecule has 0 atom stereocenters. The molecule has 3 rings (SSSR count). The molecule has 0 aliphatic rings. The van der Waals surface area contributed by atoms with Crippen LogP contribution in [0.3, 0.4) is 0 Å². The van der Waals surface area contributed by atoms with Gasteiger partial charge in [0, 0.05) is 30.0 Å². The molecule has 1 aromatic carbocycles. The number of hydrogen-bond donors (Lipinski definition) is 3. The van der Waals surface area contributed by atoms with Crippen molar-refractivity contribution in [2.75, 3.05) is 10.6 Å². The van der Waals surface area contributed by atoms with Gasteiger partial charge in [0.05, 0.1) is 0 Å². The number of benzene rings is 1. The topological polar surface area (TPSA) is 96.0 Å². The second-order valence-corrected chi connectivity index (χ2v) is 6.38. The van der Waals surface area contributed by atoms with Gasteiger partial charge >= 0.3 is 6.03 Å². The number of hydrogen-bond acceptors (Lipinski definition) is 5. The summed E-state index contributed by atoms with van der Waals surface area (Å²) in [4.78, 5) is 32.2. The smallest absolute Gasteiger partial charge is 0.325 e. The number of thiazole rings is 1. The third-order valence-corrected chi connectivity index (χ3v) is 4.23. The minimum absolute atomic E-state index is 0.259. The Hall–Kier alpha value is -3.26. The lowest BCUT2D eigenvalue weighted by molar-refractivity contribution is 0.0946. The molecule has 0 spiro atoms. The van der Waals surface area contributed by atoms with Crippen LogP contribution in [0.4, 0.5) is 15.6 Å². The number of pyridine rings is 1. The molecular formula is C18H17N5O2S. The lowest BCUT2D eigenvalue weighted by Gasteiger charge is -2.05. The molecule has 0 fully saturated rings. The van der Waals surface area contributed by atoms with Crippen LogP contribution >= 0.6 is 11.3 Å². The van der Waals surface area contributed by atoms with Gasteiger partial charge in [0.25, 0.3) is 5.91 Å². The van der Waals surface area contributed by atoms with E-state index in [9.17, 15) is 9.59 Å². The van der Waals surface area contributed by atoms with Crippen LogP contribution in [0.1, 0.15) is 21.6 Å². The maximum atomic E-state index is 12.1. The first-order chi connectivity index (χ1) is 12.6. The van der Waals surface area contributed by atoms with Crippen molar-refractivity contribution in [1.29, 1.82) is 0 Å². The molecule has 2 aromatic heterocycles. The number of aryl methyl sites for hydroxylation is 1. The third kappa shape index (κ3) is 4.87. The van der Waals surface area contributed by atoms with Crippen LogP contribution in [0.15, 0.2) is 54.2 Å². The first-order valence-electron chi connectivity index (χ1n) is 7.87. The van der Waals surface area contributed by atoms with Gasteiger partial charge in [-0.3, -0.25) is 15.1 Å². The Morgan fingerprint density at radius 2 is 1.77 bits per heavy atom. The summed E-state index contributed by atoms with van der Waals surface area (Å²) >= 11 is 1.19. The third-order valence-electron chi connectivity index (χ3n) is 3.47. The zero-order valence-electron chi connectivity index (χ0n) is 14.0. The van der Waals surface area contributed by atoms with Gasteiger partial charge in [-0.15, -0.1) is 11.3 Å². The SMILES string of the molecule is Cc1ccc(NC(=O)Nc2nc(C(=O)NCc3ccncc3)cs2)cc1. The van der Waals surface area contributed by atoms with Gasteiger partial charge in [0.15, 0.2) is 5.13 Å². The Bertz CT molecular complexity index is 893. The molecule has 0 bridgehead atoms. The van der Waals surface area contributed by atoms with E-state index in [2.05, 4.69) is 25.9 Å². The van der Waals surface area contributed by atoms with Crippen LogP contribution in [0, 0.1) is 6.92 Å². The minimum Gasteiger partial charge on any atom is -0.347 e. The van der Waals surface area contributed by atoms with Gasteiger partial charge in [0.1, 0.15) is 5.69 Å². The van der Waals surface area contributed by atoms with Crippen molar-refractivity contribution in [3.05, 3.63) is 71.0 Å². The summed E-state index contributed by atoms with van der Waals surface area (Å²) in [5, 5.41) is 10.1. The Balaban J connectivity index is 1.52. The molecule has 3 N–H and O–H groups in total. The van der Waals surface area contributed by atoms with E-state index in [1.54, 1.807) is 17.8 Å². The molecule has 26 heavy (non-hydrogen) atoms. The lowest BCUT2D eigenvalue weighted by Crippen LogP contribution is -2.23. The molecular weight excluding hydrogens is 350 g/mol. The predicted octanol–water partition coefficient (Wildman–Crippen LogP) is 3.42. The lowest BCUT2D eigenvalue weighted by atomic mass is 10.2. The zero-order valence-corrected chi connectivity index (χ0v) is 14.8. The van der Waals surface area contributed by atoms with Crippen molar-refractivity contribution in [2.45, 2.75) is 13.5 Å². The van der Waals surface area contributed by atoms with Gasteiger partial charge in [-0.25, -0.2) is 9.78 Å². The zero-order chi connectivity index (χ0) is 18.4. The summed E-state index contributed by atoms with van der Waals surface area (Å²) in [6, 6.07) is 10.7. The van der Waals surface area contributed by atoms with Crippen molar-refractivity contribution in [3.63, 3.8) is 0 Å². The van der Waals surface area contributed by atoms with E-state index in [4.69, 9.17) is 0 Å². The quantitative estimate of drug-likeness (QED) is 0.644. The minimum atomic E-state index is -0.410. The summed E-state index contributed by atoms with van der Waals surface area (Å²) in [5.74, 6) is -0.301. The van der Waals surface area contributed by atoms with Crippen LogP contribution in [0.2, 0.25) is 0 Å². The van der Waals surface area contributed by atoms with Crippen molar-refractivity contribution in [3.8, 4) is 0 Å². The normalized spacial score (nSPS) is 10.2. The van der Waals surface area contributed by atoms with Crippen LogP contribution < -0.4 is 16.0 Å². The van der Waals surface area contributed by atoms with E-state index in [1.807, 2.05) is 43.3 Å². The highest BCUT2D eigenvalue weighted by Crippen LogP contribution is 2.16. The second-order valence-electron chi connectivity index (χ2n) is 5.52. The fourth-order valence-electron chi connectivity index (χ4n) is 2.11. The van der Waals surface area contributed by atoms with E-state index >= 15 is 0 Å². The number of carbonyl (C=O) groups is 2. The van der Waals surface area contributed by atoms with Gasteiger partial charge in [-0.1, -0.05) is 17.7 Å². The first kappa shape index (κ1) is 17.6. The summed E-state index contributed by atoms with van der Waals surface area (Å²) in [6.45, 7) is 2.36. The molecule has 0 saturated carbocycles. The molecule has 132 valence electrons. The molecule has 2 heterocycles. The highest BCUT2D eigenvalue weighted by Gasteiger charge is 2.12. The van der Waals surface area contributed by atoms with E-state index in [-0.39, 0.29) is 11.6 Å². The maximum absolute atomic E-state index is 12.1. The van der Waals surface area contributed by atoms with E-state index in [0.717, 1.165) is 11.1 Å². The van der Waals surface area contributed by atoms with Crippen molar-refractivity contribution in [2.24, 2.45) is 0 Å². The van der Waals surface area contributed by atoms with Crippen LogP contribution in [0.5, 0.6) is 0 Å². The Kier molecular flexibility index (Phi) is 5.55. The number of carbonyl (C=O) groups excluding carboxylic acids is 2. The van der Waals surface area contributed by atoms with Crippen LogP contribution in [0.25, 0.3) is 0 Å². The molecule has 0 saturated heterocycles. The number of anilines is 2. The van der Waals surface area contributed by atoms with Crippen molar-refractivity contribution >= 4 is 34.1 Å². The number of aromatic nitrogens is 2. The predicted molar refractivity (Wildman–Crippen MR) is 101 cm³/mol. The van der Waals surface area contributed by atoms with E-state index < -0.39 is 6.03 Å². The molecule has 7 nitrogen and oxygen atoms in total. The average Bonchev–Trinajstić information content (AvgIpc) is 3.11. The largest absolute Gasteiger partial charge is 0.347 e. The second kappa shape index (κ2) is 8.21. The number of nitrogens with one attached hydrogen (secondary N) is 3. The fourth-order valence-corrected chi connectivity index (χ4v) is 2.79. The summed E-state index contributed by atoms with van der Waals surface area (Å²) in [5.41, 5.74) is 2.99. The van der Waals surface area contributed by atoms with Crippen LogP contribution in [-0.2, 0) is 6.54 Å². The summed E-state index contributed by atoms with van der Waals surface area (Å²) in [6.07, 6.45) is 3.33. The summed E-state index contributed by atoms with van der Waals surface area (Å²) < 4.78 is 0. The fraction of sp³-hybridized carbons (Fsp3) is 0.111. The molecule has 3 aromatic rings. The molecule has 0 aliphatic heterocycles. The summed E-state index contributed by atoms with van der Waals surface area (Å²) in [7, 11) is 0. The Labute approximate surface area is 154 Å². The highest BCUT2D eigenvalue weighted by atomic mass is 32.1. The van der Waals surface area contributed by atoms with Crippen LogP contribution in [-0.4, -0.2) is 21.9 Å². The van der Waals surface area contributed by atoms with Gasteiger partial charge in [-0.2, -0.15) is 0 Å². The number of rotatable bonds is 5. The van der Waals surface area contributed by atoms with Gasteiger partial charge < -0.3 is 10.6 Å². The Morgan fingerprint density at radius 1 is 1.04 bits per heavy atom. The van der Waals surface area contributed by atoms with E-state index in [1.165, 1.54) is 11.3 Å². The van der Waals surface area contributed by atoms with Gasteiger partial charge in [0.2, 0.25) is 0 Å². The number of nitrogens with zero attached hydrogens (tertiary/aromatic N) is 2. The Morgan fingerprint density at radius 3 is 2.50 bits per heavy atom. The van der Waals surface area contributed by atoms with Gasteiger partial charge in [-0.05, 0) is 36.8 Å². The highest BCUT2D eigenvalue weighted by molar-refractivity contribution is 7.14. The molecule has 0 unspecified atom stereocenters. The standard InChI is InChI=1S/C18H17N5O2S/c1-12-2-4-14(5-3-12)21-17(25)23-18-22-15(11-26-18)16(24)20-10-13-6-8-19-9-7-13/h2-9,11H,10H2,1H3,(H,20,24)(H2,21,22,23,25). The average molecular weight is 367 g/mol. The molecule has 3 amide bonds. The first-order valence-corrected chi connectivity index (χ1v) is 8.75.